The maximum atomic E-state index is 12.4. The molecule has 0 aliphatic carbocycles. The van der Waals surface area contributed by atoms with Crippen molar-refractivity contribution in [2.45, 2.75) is 265 Å². The Morgan fingerprint density at radius 3 is 1.30 bits per heavy atom. The summed E-state index contributed by atoms with van der Waals surface area (Å²) >= 11 is 0. The zero-order chi connectivity index (χ0) is 41.0. The van der Waals surface area contributed by atoms with Crippen LogP contribution in [0.1, 0.15) is 259 Å². The summed E-state index contributed by atoms with van der Waals surface area (Å²) in [7, 11) is 4.32. The summed E-state index contributed by atoms with van der Waals surface area (Å²) in [5.41, 5.74) is 0. The topological polar surface area (TPSA) is 48.0 Å². The fourth-order valence-electron chi connectivity index (χ4n) is 8.26. The van der Waals surface area contributed by atoms with Crippen LogP contribution in [-0.2, 0) is 19.0 Å². The molecule has 0 saturated carbocycles. The van der Waals surface area contributed by atoms with Gasteiger partial charge in [0, 0.05) is 26.2 Å². The zero-order valence-corrected chi connectivity index (χ0v) is 39.3. The number of rotatable bonds is 47. The van der Waals surface area contributed by atoms with Crippen LogP contribution in [0.3, 0.4) is 0 Å². The lowest BCUT2D eigenvalue weighted by atomic mass is 9.92. The van der Waals surface area contributed by atoms with E-state index in [1.807, 2.05) is 0 Å². The minimum atomic E-state index is 0.0196. The van der Waals surface area contributed by atoms with Crippen molar-refractivity contribution in [3.63, 3.8) is 0 Å². The molecular weight excluding hydrogens is 691 g/mol. The van der Waals surface area contributed by atoms with Gasteiger partial charge >= 0.3 is 5.97 Å². The third-order valence-corrected chi connectivity index (χ3v) is 12.1. The lowest BCUT2D eigenvalue weighted by Crippen LogP contribution is -2.16. The summed E-state index contributed by atoms with van der Waals surface area (Å²) in [4.78, 5) is 14.6. The highest BCUT2D eigenvalue weighted by molar-refractivity contribution is 5.69. The summed E-state index contributed by atoms with van der Waals surface area (Å²) in [5.74, 6) is 1.63. The number of hydrogen-bond donors (Lipinski definition) is 0. The van der Waals surface area contributed by atoms with Gasteiger partial charge in [-0.05, 0) is 83.8 Å². The van der Waals surface area contributed by atoms with Crippen molar-refractivity contribution in [3.8, 4) is 0 Å². The molecule has 5 nitrogen and oxygen atoms in total. The van der Waals surface area contributed by atoms with Crippen LogP contribution >= 0.6 is 0 Å². The Hall–Kier alpha value is -0.650. The molecular formula is C51H103NO4. The van der Waals surface area contributed by atoms with Crippen LogP contribution in [0.2, 0.25) is 0 Å². The highest BCUT2D eigenvalue weighted by atomic mass is 16.5. The Bertz CT molecular complexity index is 740. The molecule has 0 bridgehead atoms. The van der Waals surface area contributed by atoms with Gasteiger partial charge in [-0.25, -0.2) is 0 Å². The lowest BCUT2D eigenvalue weighted by molar-refractivity contribution is -0.144. The van der Waals surface area contributed by atoms with E-state index in [9.17, 15) is 4.79 Å². The molecule has 0 aromatic rings. The Kier molecular flexibility index (Phi) is 44.9. The minimum absolute atomic E-state index is 0.0196. The Labute approximate surface area is 352 Å². The largest absolute Gasteiger partial charge is 0.466 e. The first-order valence-corrected chi connectivity index (χ1v) is 25.5. The fraction of sp³-hybridized carbons (Fsp3) is 0.980. The third-order valence-electron chi connectivity index (χ3n) is 12.1. The monoisotopic (exact) mass is 794 g/mol. The summed E-state index contributed by atoms with van der Waals surface area (Å²) in [5, 5.41) is 0. The molecule has 336 valence electrons. The highest BCUT2D eigenvalue weighted by Gasteiger charge is 2.12. The van der Waals surface area contributed by atoms with Crippen molar-refractivity contribution >= 4 is 5.97 Å². The van der Waals surface area contributed by atoms with Crippen molar-refractivity contribution in [1.82, 2.24) is 4.90 Å². The third kappa shape index (κ3) is 41.5. The van der Waals surface area contributed by atoms with Gasteiger partial charge < -0.3 is 19.1 Å². The molecule has 0 spiro atoms. The average molecular weight is 794 g/mol. The van der Waals surface area contributed by atoms with E-state index in [1.165, 1.54) is 199 Å². The molecule has 0 radical (unpaired) electrons. The van der Waals surface area contributed by atoms with E-state index in [-0.39, 0.29) is 5.97 Å². The number of ether oxygens (including phenoxy) is 3. The van der Waals surface area contributed by atoms with Crippen LogP contribution in [0.5, 0.6) is 0 Å². The molecule has 0 aromatic carbocycles. The Morgan fingerprint density at radius 2 is 0.821 bits per heavy atom. The molecule has 0 aliphatic rings. The van der Waals surface area contributed by atoms with Crippen LogP contribution in [0.15, 0.2) is 0 Å². The first-order valence-electron chi connectivity index (χ1n) is 25.5. The lowest BCUT2D eigenvalue weighted by Gasteiger charge is -2.18. The summed E-state index contributed by atoms with van der Waals surface area (Å²) in [6.45, 7) is 13.8. The van der Waals surface area contributed by atoms with Crippen molar-refractivity contribution in [2.24, 2.45) is 11.8 Å². The molecule has 0 amide bonds. The quantitative estimate of drug-likeness (QED) is 0.0454. The van der Waals surface area contributed by atoms with Gasteiger partial charge in [0.2, 0.25) is 0 Å². The molecule has 1 atom stereocenters. The van der Waals surface area contributed by atoms with E-state index >= 15 is 0 Å². The normalized spacial score (nSPS) is 12.4. The van der Waals surface area contributed by atoms with Crippen LogP contribution in [0.4, 0.5) is 0 Å². The van der Waals surface area contributed by atoms with E-state index in [4.69, 9.17) is 14.2 Å². The maximum Gasteiger partial charge on any atom is 0.305 e. The van der Waals surface area contributed by atoms with Gasteiger partial charge in [-0.3, -0.25) is 4.79 Å². The predicted octanol–water partition coefficient (Wildman–Crippen LogP) is 15.8. The molecule has 5 heteroatoms. The molecule has 0 aliphatic heterocycles. The molecule has 56 heavy (non-hydrogen) atoms. The first kappa shape index (κ1) is 55.4. The first-order chi connectivity index (χ1) is 27.5. The summed E-state index contributed by atoms with van der Waals surface area (Å²) in [6.07, 6.45) is 46.1. The summed E-state index contributed by atoms with van der Waals surface area (Å²) in [6, 6.07) is 0. The smallest absolute Gasteiger partial charge is 0.305 e. The summed E-state index contributed by atoms with van der Waals surface area (Å²) < 4.78 is 18.2. The fourth-order valence-corrected chi connectivity index (χ4v) is 8.26. The van der Waals surface area contributed by atoms with Crippen molar-refractivity contribution in [1.29, 1.82) is 0 Å². The van der Waals surface area contributed by atoms with Crippen molar-refractivity contribution in [3.05, 3.63) is 0 Å². The number of esters is 1. The number of hydrogen-bond acceptors (Lipinski definition) is 5. The van der Waals surface area contributed by atoms with Crippen LogP contribution in [0, 0.1) is 11.8 Å². The van der Waals surface area contributed by atoms with E-state index < -0.39 is 0 Å². The van der Waals surface area contributed by atoms with Gasteiger partial charge in [-0.1, -0.05) is 201 Å². The van der Waals surface area contributed by atoms with E-state index in [0.29, 0.717) is 19.1 Å². The second kappa shape index (κ2) is 45.4. The molecule has 0 fully saturated rings. The van der Waals surface area contributed by atoms with Crippen molar-refractivity contribution < 1.29 is 19.0 Å². The van der Waals surface area contributed by atoms with Gasteiger partial charge in [0.1, 0.15) is 0 Å². The number of nitrogens with zero attached hydrogens (tertiary/aromatic N) is 1. The van der Waals surface area contributed by atoms with Gasteiger partial charge in [-0.15, -0.1) is 0 Å². The molecule has 0 heterocycles. The molecule has 0 rings (SSSR count). The van der Waals surface area contributed by atoms with E-state index in [1.54, 1.807) is 0 Å². The van der Waals surface area contributed by atoms with E-state index in [0.717, 1.165) is 63.9 Å². The SMILES string of the molecule is CCCCCC(CCCCC)CCOCCCCCCCCCC(CCCCCCCCC(=O)OCCC(CCCCC)CCCCC)OCCCCN(C)C. The van der Waals surface area contributed by atoms with Gasteiger partial charge in [0.25, 0.3) is 0 Å². The highest BCUT2D eigenvalue weighted by Crippen LogP contribution is 2.23. The van der Waals surface area contributed by atoms with Gasteiger partial charge in [-0.2, -0.15) is 0 Å². The predicted molar refractivity (Wildman–Crippen MR) is 246 cm³/mol. The molecule has 0 saturated heterocycles. The van der Waals surface area contributed by atoms with Gasteiger partial charge in [0.05, 0.1) is 12.7 Å². The van der Waals surface area contributed by atoms with Gasteiger partial charge in [0.15, 0.2) is 0 Å². The standard InChI is InChI=1S/C51H103NO4/c1-7-11-24-34-48(35-25-12-8-2)41-46-54-44-32-23-19-15-16-20-28-38-50(55-45-33-31-43-52(5)6)39-29-21-17-18-22-30-40-51(53)56-47-42-49(36-26-13-9-3)37-27-14-10-4/h48-50H,7-47H2,1-6H3. The zero-order valence-electron chi connectivity index (χ0n) is 39.3. The van der Waals surface area contributed by atoms with E-state index in [2.05, 4.69) is 46.7 Å². The number of unbranched alkanes of at least 4 members (excludes halogenated alkanes) is 20. The Balaban J connectivity index is 4.09. The van der Waals surface area contributed by atoms with Crippen molar-refractivity contribution in [2.75, 3.05) is 47.1 Å². The number of carbonyl (C=O) groups is 1. The number of carbonyl (C=O) groups excluding carboxylic acids is 1. The molecule has 0 N–H and O–H groups in total. The van der Waals surface area contributed by atoms with Crippen LogP contribution in [-0.4, -0.2) is 64.0 Å². The average Bonchev–Trinajstić information content (AvgIpc) is 3.18. The second-order valence-electron chi connectivity index (χ2n) is 18.1. The van der Waals surface area contributed by atoms with Crippen LogP contribution < -0.4 is 0 Å². The minimum Gasteiger partial charge on any atom is -0.466 e. The second-order valence-corrected chi connectivity index (χ2v) is 18.1. The Morgan fingerprint density at radius 1 is 0.411 bits per heavy atom. The van der Waals surface area contributed by atoms with Crippen LogP contribution in [0.25, 0.3) is 0 Å². The molecule has 0 aromatic heterocycles. The maximum absolute atomic E-state index is 12.4. The molecule has 1 unspecified atom stereocenters.